The number of aromatic nitrogens is 5. The average molecular weight is 284 g/mol. The lowest BCUT2D eigenvalue weighted by molar-refractivity contribution is 0.553. The summed E-state index contributed by atoms with van der Waals surface area (Å²) in [5.41, 5.74) is 2.14. The van der Waals surface area contributed by atoms with Gasteiger partial charge in [0.15, 0.2) is 0 Å². The fraction of sp³-hybridized carbons (Fsp3) is 0.400. The number of imidazole rings is 1. The standard InChI is InChI=1S/C15H20N6/c1-12(2)21-11-18-19-15(21)6-7-16-9-13-10-17-14-5-3-4-8-20(13)14/h3-5,8,10-12,16H,6-7,9H2,1-2H3. The smallest absolute Gasteiger partial charge is 0.136 e. The summed E-state index contributed by atoms with van der Waals surface area (Å²) >= 11 is 0. The van der Waals surface area contributed by atoms with E-state index in [1.807, 2.05) is 30.6 Å². The molecule has 6 heteroatoms. The number of hydrogen-bond acceptors (Lipinski definition) is 4. The van der Waals surface area contributed by atoms with Crippen LogP contribution < -0.4 is 5.32 Å². The largest absolute Gasteiger partial charge is 0.315 e. The molecule has 3 aromatic heterocycles. The van der Waals surface area contributed by atoms with Crippen molar-refractivity contribution >= 4 is 5.65 Å². The minimum absolute atomic E-state index is 0.397. The van der Waals surface area contributed by atoms with Crippen LogP contribution in [0.2, 0.25) is 0 Å². The second-order valence-corrected chi connectivity index (χ2v) is 5.35. The molecule has 0 saturated carbocycles. The van der Waals surface area contributed by atoms with E-state index in [0.29, 0.717) is 6.04 Å². The van der Waals surface area contributed by atoms with Gasteiger partial charge < -0.3 is 14.3 Å². The third kappa shape index (κ3) is 2.95. The molecular formula is C15H20N6. The summed E-state index contributed by atoms with van der Waals surface area (Å²) in [7, 11) is 0. The molecule has 0 fully saturated rings. The van der Waals surface area contributed by atoms with E-state index in [2.05, 4.69) is 43.3 Å². The SMILES string of the molecule is CC(C)n1cnnc1CCNCc1cnc2ccccn12. The number of pyridine rings is 1. The van der Waals surface area contributed by atoms with Gasteiger partial charge in [-0.05, 0) is 26.0 Å². The van der Waals surface area contributed by atoms with E-state index >= 15 is 0 Å². The second-order valence-electron chi connectivity index (χ2n) is 5.35. The van der Waals surface area contributed by atoms with Crippen molar-refractivity contribution in [3.05, 3.63) is 48.4 Å². The Labute approximate surface area is 123 Å². The molecule has 3 heterocycles. The third-order valence-corrected chi connectivity index (χ3v) is 3.53. The van der Waals surface area contributed by atoms with Crippen molar-refractivity contribution in [2.24, 2.45) is 0 Å². The van der Waals surface area contributed by atoms with Crippen molar-refractivity contribution in [1.29, 1.82) is 0 Å². The van der Waals surface area contributed by atoms with Crippen LogP contribution in [-0.4, -0.2) is 30.7 Å². The van der Waals surface area contributed by atoms with Gasteiger partial charge in [0.05, 0.1) is 11.9 Å². The van der Waals surface area contributed by atoms with Crippen molar-refractivity contribution in [3.8, 4) is 0 Å². The highest BCUT2D eigenvalue weighted by Crippen LogP contribution is 2.07. The van der Waals surface area contributed by atoms with Gasteiger partial charge in [-0.3, -0.25) is 0 Å². The molecule has 0 atom stereocenters. The molecule has 3 rings (SSSR count). The highest BCUT2D eigenvalue weighted by atomic mass is 15.3. The average Bonchev–Trinajstić information content (AvgIpc) is 3.10. The van der Waals surface area contributed by atoms with Crippen molar-refractivity contribution in [2.45, 2.75) is 32.9 Å². The zero-order valence-corrected chi connectivity index (χ0v) is 12.4. The number of nitrogens with zero attached hydrogens (tertiary/aromatic N) is 5. The maximum Gasteiger partial charge on any atom is 0.136 e. The van der Waals surface area contributed by atoms with Crippen LogP contribution in [-0.2, 0) is 13.0 Å². The predicted molar refractivity (Wildman–Crippen MR) is 81.0 cm³/mol. The molecule has 0 aliphatic rings. The molecule has 0 amide bonds. The van der Waals surface area contributed by atoms with Crippen LogP contribution in [0.5, 0.6) is 0 Å². The molecular weight excluding hydrogens is 264 g/mol. The fourth-order valence-electron chi connectivity index (χ4n) is 2.41. The highest BCUT2D eigenvalue weighted by molar-refractivity contribution is 5.39. The first-order valence-corrected chi connectivity index (χ1v) is 7.26. The Morgan fingerprint density at radius 3 is 3.05 bits per heavy atom. The quantitative estimate of drug-likeness (QED) is 0.702. The van der Waals surface area contributed by atoms with E-state index in [4.69, 9.17) is 0 Å². The first-order valence-electron chi connectivity index (χ1n) is 7.26. The van der Waals surface area contributed by atoms with Crippen LogP contribution in [0.25, 0.3) is 5.65 Å². The van der Waals surface area contributed by atoms with Crippen molar-refractivity contribution in [1.82, 2.24) is 29.5 Å². The van der Waals surface area contributed by atoms with Crippen LogP contribution in [0.1, 0.15) is 31.4 Å². The second kappa shape index (κ2) is 6.05. The van der Waals surface area contributed by atoms with Crippen LogP contribution in [0.4, 0.5) is 0 Å². The molecule has 21 heavy (non-hydrogen) atoms. The molecule has 0 aliphatic heterocycles. The summed E-state index contributed by atoms with van der Waals surface area (Å²) in [6, 6.07) is 6.42. The zero-order chi connectivity index (χ0) is 14.7. The fourth-order valence-corrected chi connectivity index (χ4v) is 2.41. The van der Waals surface area contributed by atoms with Gasteiger partial charge in [-0.25, -0.2) is 4.98 Å². The predicted octanol–water partition coefficient (Wildman–Crippen LogP) is 1.84. The lowest BCUT2D eigenvalue weighted by Crippen LogP contribution is -2.19. The van der Waals surface area contributed by atoms with Crippen molar-refractivity contribution < 1.29 is 0 Å². The molecule has 0 aliphatic carbocycles. The summed E-state index contributed by atoms with van der Waals surface area (Å²) in [6.07, 6.45) is 6.62. The van der Waals surface area contributed by atoms with E-state index in [1.54, 1.807) is 6.33 Å². The Kier molecular flexibility index (Phi) is 3.96. The van der Waals surface area contributed by atoms with Gasteiger partial charge in [-0.15, -0.1) is 10.2 Å². The van der Waals surface area contributed by atoms with Gasteiger partial charge in [-0.2, -0.15) is 0 Å². The summed E-state index contributed by atoms with van der Waals surface area (Å²) in [4.78, 5) is 4.38. The van der Waals surface area contributed by atoms with Crippen molar-refractivity contribution in [2.75, 3.05) is 6.54 Å². The molecule has 0 saturated heterocycles. The van der Waals surface area contributed by atoms with E-state index in [1.165, 1.54) is 0 Å². The van der Waals surface area contributed by atoms with Crippen LogP contribution in [0, 0.1) is 0 Å². The van der Waals surface area contributed by atoms with E-state index in [-0.39, 0.29) is 0 Å². The summed E-state index contributed by atoms with van der Waals surface area (Å²) in [6.45, 7) is 5.93. The molecule has 0 aromatic carbocycles. The number of fused-ring (bicyclic) bond motifs is 1. The van der Waals surface area contributed by atoms with Gasteiger partial charge in [0.1, 0.15) is 17.8 Å². The van der Waals surface area contributed by atoms with Crippen molar-refractivity contribution in [3.63, 3.8) is 0 Å². The Balaban J connectivity index is 1.56. The Bertz CT molecular complexity index is 712. The first-order chi connectivity index (χ1) is 10.3. The molecule has 0 spiro atoms. The lowest BCUT2D eigenvalue weighted by Gasteiger charge is -2.10. The van der Waals surface area contributed by atoms with Gasteiger partial charge in [0.2, 0.25) is 0 Å². The maximum absolute atomic E-state index is 4.38. The maximum atomic E-state index is 4.38. The lowest BCUT2D eigenvalue weighted by atomic mass is 10.3. The Hall–Kier alpha value is -2.21. The van der Waals surface area contributed by atoms with E-state index in [9.17, 15) is 0 Å². The van der Waals surface area contributed by atoms with Gasteiger partial charge >= 0.3 is 0 Å². The van der Waals surface area contributed by atoms with Crippen LogP contribution in [0.15, 0.2) is 36.9 Å². The molecule has 6 nitrogen and oxygen atoms in total. The molecule has 3 aromatic rings. The third-order valence-electron chi connectivity index (χ3n) is 3.53. The monoisotopic (exact) mass is 284 g/mol. The molecule has 0 unspecified atom stereocenters. The molecule has 1 N–H and O–H groups in total. The topological polar surface area (TPSA) is 60.0 Å². The Morgan fingerprint density at radius 2 is 2.19 bits per heavy atom. The molecule has 110 valence electrons. The minimum Gasteiger partial charge on any atom is -0.315 e. The summed E-state index contributed by atoms with van der Waals surface area (Å²) < 4.78 is 4.21. The number of rotatable bonds is 6. The van der Waals surface area contributed by atoms with Gasteiger partial charge in [0, 0.05) is 31.7 Å². The van der Waals surface area contributed by atoms with E-state index in [0.717, 1.165) is 36.7 Å². The Morgan fingerprint density at radius 1 is 1.29 bits per heavy atom. The zero-order valence-electron chi connectivity index (χ0n) is 12.4. The molecule has 0 radical (unpaired) electrons. The highest BCUT2D eigenvalue weighted by Gasteiger charge is 2.07. The van der Waals surface area contributed by atoms with Gasteiger partial charge in [0.25, 0.3) is 0 Å². The summed E-state index contributed by atoms with van der Waals surface area (Å²) in [5.74, 6) is 1.02. The molecule has 0 bridgehead atoms. The van der Waals surface area contributed by atoms with E-state index < -0.39 is 0 Å². The normalized spacial score (nSPS) is 11.6. The van der Waals surface area contributed by atoms with Crippen LogP contribution in [0.3, 0.4) is 0 Å². The van der Waals surface area contributed by atoms with Gasteiger partial charge in [-0.1, -0.05) is 6.07 Å². The number of hydrogen-bond donors (Lipinski definition) is 1. The summed E-state index contributed by atoms with van der Waals surface area (Å²) in [5, 5.41) is 11.6. The first kappa shape index (κ1) is 13.8. The number of nitrogens with one attached hydrogen (secondary N) is 1. The minimum atomic E-state index is 0.397. The van der Waals surface area contributed by atoms with Crippen LogP contribution >= 0.6 is 0 Å².